The van der Waals surface area contributed by atoms with E-state index >= 15 is 0 Å². The lowest BCUT2D eigenvalue weighted by atomic mass is 10.6. The average Bonchev–Trinajstić information content (AvgIpc) is 2.81. The van der Waals surface area contributed by atoms with Crippen LogP contribution in [0.25, 0.3) is 0 Å². The van der Waals surface area contributed by atoms with E-state index in [1.54, 1.807) is 10.8 Å². The Morgan fingerprint density at radius 3 is 2.77 bits per heavy atom. The Labute approximate surface area is 74.2 Å². The van der Waals surface area contributed by atoms with E-state index in [1.165, 1.54) is 10.8 Å². The van der Waals surface area contributed by atoms with Crippen LogP contribution in [0.3, 0.4) is 0 Å². The second-order valence-electron chi connectivity index (χ2n) is 3.24. The third-order valence-electron chi connectivity index (χ3n) is 2.12. The Kier molecular flexibility index (Phi) is 1.72. The van der Waals surface area contributed by atoms with Gasteiger partial charge in [-0.2, -0.15) is 0 Å². The van der Waals surface area contributed by atoms with Crippen LogP contribution in [0.4, 0.5) is 0 Å². The second-order valence-corrected chi connectivity index (χ2v) is 3.24. The van der Waals surface area contributed by atoms with E-state index in [-0.39, 0.29) is 12.2 Å². The molecule has 0 unspecified atom stereocenters. The Morgan fingerprint density at radius 2 is 2.23 bits per heavy atom. The van der Waals surface area contributed by atoms with Crippen molar-refractivity contribution in [1.29, 1.82) is 0 Å². The minimum absolute atomic E-state index is 0.218. The van der Waals surface area contributed by atoms with Crippen molar-refractivity contribution in [3.05, 3.63) is 22.9 Å². The standard InChI is InChI=1S/C8H10N2O3/c11-7(12)5-9-3-4-10(8(9)13)6-1-2-6/h3-4,6H,1-2,5H2,(H,11,12). The van der Waals surface area contributed by atoms with Gasteiger partial charge < -0.3 is 5.11 Å². The van der Waals surface area contributed by atoms with Crippen LogP contribution >= 0.6 is 0 Å². The number of aliphatic carboxylic acids is 1. The Morgan fingerprint density at radius 1 is 1.54 bits per heavy atom. The molecule has 0 aliphatic heterocycles. The number of hydrogen-bond acceptors (Lipinski definition) is 2. The molecule has 5 nitrogen and oxygen atoms in total. The quantitative estimate of drug-likeness (QED) is 0.719. The molecule has 0 aromatic carbocycles. The summed E-state index contributed by atoms with van der Waals surface area (Å²) < 4.78 is 2.81. The summed E-state index contributed by atoms with van der Waals surface area (Å²) in [5.74, 6) is -0.990. The van der Waals surface area contributed by atoms with Gasteiger partial charge in [0.2, 0.25) is 0 Å². The van der Waals surface area contributed by atoms with Crippen molar-refractivity contribution in [2.45, 2.75) is 25.4 Å². The first-order valence-corrected chi connectivity index (χ1v) is 4.17. The molecule has 0 radical (unpaired) electrons. The predicted molar refractivity (Wildman–Crippen MR) is 44.6 cm³/mol. The Bertz CT molecular complexity index is 386. The normalized spacial score (nSPS) is 16.0. The van der Waals surface area contributed by atoms with Crippen molar-refractivity contribution in [2.24, 2.45) is 0 Å². The lowest BCUT2D eigenvalue weighted by Crippen LogP contribution is -2.26. The number of rotatable bonds is 3. The fourth-order valence-corrected chi connectivity index (χ4v) is 1.32. The van der Waals surface area contributed by atoms with Gasteiger partial charge in [-0.1, -0.05) is 0 Å². The van der Waals surface area contributed by atoms with Crippen LogP contribution in [0.1, 0.15) is 18.9 Å². The van der Waals surface area contributed by atoms with Crippen LogP contribution in [0.5, 0.6) is 0 Å². The van der Waals surface area contributed by atoms with Gasteiger partial charge in [0.05, 0.1) is 0 Å². The zero-order valence-corrected chi connectivity index (χ0v) is 7.01. The maximum atomic E-state index is 11.4. The molecule has 1 heterocycles. The Balaban J connectivity index is 2.27. The highest BCUT2D eigenvalue weighted by Gasteiger charge is 2.25. The van der Waals surface area contributed by atoms with Gasteiger partial charge in [-0.05, 0) is 12.8 Å². The van der Waals surface area contributed by atoms with Crippen LogP contribution in [0, 0.1) is 0 Å². The van der Waals surface area contributed by atoms with E-state index in [0.717, 1.165) is 12.8 Å². The van der Waals surface area contributed by atoms with Gasteiger partial charge in [-0.3, -0.25) is 13.9 Å². The molecule has 1 aromatic heterocycles. The summed E-state index contributed by atoms with van der Waals surface area (Å²) >= 11 is 0. The summed E-state index contributed by atoms with van der Waals surface area (Å²) in [7, 11) is 0. The molecular weight excluding hydrogens is 172 g/mol. The minimum Gasteiger partial charge on any atom is -0.480 e. The lowest BCUT2D eigenvalue weighted by molar-refractivity contribution is -0.137. The van der Waals surface area contributed by atoms with Gasteiger partial charge in [0.1, 0.15) is 6.54 Å². The Hall–Kier alpha value is -1.52. The average molecular weight is 182 g/mol. The third-order valence-corrected chi connectivity index (χ3v) is 2.12. The number of hydrogen-bond donors (Lipinski definition) is 1. The molecule has 1 aliphatic rings. The van der Waals surface area contributed by atoms with E-state index in [2.05, 4.69) is 0 Å². The van der Waals surface area contributed by atoms with Crippen LogP contribution in [-0.4, -0.2) is 20.2 Å². The first kappa shape index (κ1) is 8.10. The molecule has 5 heteroatoms. The molecule has 13 heavy (non-hydrogen) atoms. The largest absolute Gasteiger partial charge is 0.480 e. The molecule has 1 N–H and O–H groups in total. The summed E-state index contributed by atoms with van der Waals surface area (Å²) in [4.78, 5) is 21.8. The van der Waals surface area contributed by atoms with Crippen molar-refractivity contribution in [2.75, 3.05) is 0 Å². The zero-order chi connectivity index (χ0) is 9.42. The molecule has 0 bridgehead atoms. The number of aromatic nitrogens is 2. The molecule has 2 rings (SSSR count). The van der Waals surface area contributed by atoms with Crippen LogP contribution in [-0.2, 0) is 11.3 Å². The monoisotopic (exact) mass is 182 g/mol. The summed E-state index contributed by atoms with van der Waals surface area (Å²) in [6.45, 7) is -0.251. The second kappa shape index (κ2) is 2.76. The minimum atomic E-state index is -0.990. The lowest BCUT2D eigenvalue weighted by Gasteiger charge is -1.96. The van der Waals surface area contributed by atoms with Crippen molar-refractivity contribution < 1.29 is 9.90 Å². The summed E-state index contributed by atoms with van der Waals surface area (Å²) in [5, 5.41) is 8.49. The van der Waals surface area contributed by atoms with E-state index in [0.29, 0.717) is 6.04 Å². The molecule has 1 aliphatic carbocycles. The van der Waals surface area contributed by atoms with Gasteiger partial charge in [0, 0.05) is 18.4 Å². The fraction of sp³-hybridized carbons (Fsp3) is 0.500. The van der Waals surface area contributed by atoms with Gasteiger partial charge >= 0.3 is 11.7 Å². The van der Waals surface area contributed by atoms with Crippen molar-refractivity contribution in [3.8, 4) is 0 Å². The van der Waals surface area contributed by atoms with Gasteiger partial charge in [0.15, 0.2) is 0 Å². The SMILES string of the molecule is O=C(O)Cn1ccn(C2CC2)c1=O. The summed E-state index contributed by atoms with van der Waals surface area (Å²) in [6.07, 6.45) is 5.23. The zero-order valence-electron chi connectivity index (χ0n) is 7.01. The number of nitrogens with zero attached hydrogens (tertiary/aromatic N) is 2. The first-order chi connectivity index (χ1) is 6.18. The topological polar surface area (TPSA) is 64.2 Å². The fourth-order valence-electron chi connectivity index (χ4n) is 1.32. The molecular formula is C8H10N2O3. The van der Waals surface area contributed by atoms with Crippen LogP contribution in [0.2, 0.25) is 0 Å². The van der Waals surface area contributed by atoms with E-state index in [4.69, 9.17) is 5.11 Å². The van der Waals surface area contributed by atoms with Gasteiger partial charge in [0.25, 0.3) is 0 Å². The summed E-state index contributed by atoms with van der Waals surface area (Å²) in [6, 6.07) is 0.308. The van der Waals surface area contributed by atoms with E-state index in [1.807, 2.05) is 0 Å². The van der Waals surface area contributed by atoms with Gasteiger partial charge in [-0.25, -0.2) is 4.79 Å². The smallest absolute Gasteiger partial charge is 0.328 e. The van der Waals surface area contributed by atoms with E-state index in [9.17, 15) is 9.59 Å². The molecule has 0 spiro atoms. The van der Waals surface area contributed by atoms with Crippen LogP contribution < -0.4 is 5.69 Å². The number of imidazole rings is 1. The molecule has 0 saturated heterocycles. The molecule has 1 saturated carbocycles. The number of carboxylic acids is 1. The first-order valence-electron chi connectivity index (χ1n) is 4.17. The van der Waals surface area contributed by atoms with E-state index < -0.39 is 5.97 Å². The molecule has 1 aromatic rings. The highest BCUT2D eigenvalue weighted by Crippen LogP contribution is 2.33. The predicted octanol–water partition coefficient (Wildman–Crippen LogP) is 0.0693. The number of carboxylic acid groups (broad SMARTS) is 1. The molecule has 0 amide bonds. The highest BCUT2D eigenvalue weighted by molar-refractivity contribution is 5.66. The molecule has 70 valence electrons. The maximum absolute atomic E-state index is 11.4. The van der Waals surface area contributed by atoms with Crippen molar-refractivity contribution in [3.63, 3.8) is 0 Å². The molecule has 0 atom stereocenters. The molecule has 1 fully saturated rings. The highest BCUT2D eigenvalue weighted by atomic mass is 16.4. The maximum Gasteiger partial charge on any atom is 0.328 e. The third kappa shape index (κ3) is 1.49. The summed E-state index contributed by atoms with van der Waals surface area (Å²) in [5.41, 5.74) is -0.218. The number of carbonyl (C=O) groups is 1. The van der Waals surface area contributed by atoms with Crippen molar-refractivity contribution in [1.82, 2.24) is 9.13 Å². The van der Waals surface area contributed by atoms with Crippen LogP contribution in [0.15, 0.2) is 17.2 Å². The van der Waals surface area contributed by atoms with Gasteiger partial charge in [-0.15, -0.1) is 0 Å². The van der Waals surface area contributed by atoms with Crippen molar-refractivity contribution >= 4 is 5.97 Å².